The molecule has 0 saturated carbocycles. The molecule has 1 aliphatic rings. The fourth-order valence-electron chi connectivity index (χ4n) is 2.79. The van der Waals surface area contributed by atoms with E-state index >= 15 is 0 Å². The average Bonchev–Trinajstić information content (AvgIpc) is 2.59. The lowest BCUT2D eigenvalue weighted by atomic mass is 9.94. The second-order valence-electron chi connectivity index (χ2n) is 5.68. The highest BCUT2D eigenvalue weighted by Crippen LogP contribution is 2.27. The largest absolute Gasteiger partial charge is 0.508 e. The molecule has 0 spiro atoms. The highest BCUT2D eigenvalue weighted by atomic mass is 16.6. The molecule has 3 rings (SSSR count). The summed E-state index contributed by atoms with van der Waals surface area (Å²) in [5, 5.41) is 19.0. The Balaban J connectivity index is 1.76. The van der Waals surface area contributed by atoms with Crippen LogP contribution in [0.5, 0.6) is 5.75 Å². The zero-order valence-electron chi connectivity index (χ0n) is 12.9. The highest BCUT2D eigenvalue weighted by molar-refractivity contribution is 5.81. The second kappa shape index (κ2) is 6.62. The Labute approximate surface area is 138 Å². The number of phenolic OH excluding ortho intramolecular Hbond substituents is 1. The summed E-state index contributed by atoms with van der Waals surface area (Å²) < 4.78 is 5.25. The Hall–Kier alpha value is -3.02. The van der Waals surface area contributed by atoms with Crippen LogP contribution in [0.2, 0.25) is 0 Å². The lowest BCUT2D eigenvalue weighted by molar-refractivity contribution is -0.143. The number of fused-ring (bicyclic) bond motifs is 1. The van der Waals surface area contributed by atoms with Crippen molar-refractivity contribution in [1.29, 1.82) is 0 Å². The molecule has 0 bridgehead atoms. The zero-order chi connectivity index (χ0) is 17.1. The van der Waals surface area contributed by atoms with Crippen LogP contribution in [0.4, 0.5) is 4.79 Å². The number of benzene rings is 2. The maximum Gasteiger partial charge on any atom is 0.411 e. The minimum absolute atomic E-state index is 0.0788. The normalized spacial score (nSPS) is 16.3. The lowest BCUT2D eigenvalue weighted by Gasteiger charge is -2.33. The molecule has 0 unspecified atom stereocenters. The summed E-state index contributed by atoms with van der Waals surface area (Å²) in [4.78, 5) is 25.1. The Kier molecular flexibility index (Phi) is 4.37. The third-order valence-corrected chi connectivity index (χ3v) is 4.04. The van der Waals surface area contributed by atoms with E-state index in [0.29, 0.717) is 0 Å². The molecule has 0 aliphatic carbocycles. The molecule has 2 aromatic carbocycles. The van der Waals surface area contributed by atoms with Gasteiger partial charge in [0.2, 0.25) is 0 Å². The maximum absolute atomic E-state index is 12.4. The van der Waals surface area contributed by atoms with Gasteiger partial charge in [-0.1, -0.05) is 36.4 Å². The molecule has 24 heavy (non-hydrogen) atoms. The van der Waals surface area contributed by atoms with E-state index < -0.39 is 18.1 Å². The molecule has 2 aromatic rings. The number of amides is 1. The SMILES string of the molecule is O=C(O)[C@H]1Cc2ccc(O)cc2CN1C(=O)OCc1ccccc1. The van der Waals surface area contributed by atoms with Gasteiger partial charge in [-0.15, -0.1) is 0 Å². The third-order valence-electron chi connectivity index (χ3n) is 4.04. The first kappa shape index (κ1) is 15.9. The molecule has 124 valence electrons. The predicted molar refractivity (Wildman–Crippen MR) is 85.4 cm³/mol. The number of phenols is 1. The Morgan fingerprint density at radius 2 is 1.88 bits per heavy atom. The van der Waals surface area contributed by atoms with Crippen LogP contribution in [0.3, 0.4) is 0 Å². The smallest absolute Gasteiger partial charge is 0.411 e. The van der Waals surface area contributed by atoms with Crippen LogP contribution >= 0.6 is 0 Å². The van der Waals surface area contributed by atoms with Crippen molar-refractivity contribution in [2.45, 2.75) is 25.6 Å². The summed E-state index contributed by atoms with van der Waals surface area (Å²) >= 11 is 0. The van der Waals surface area contributed by atoms with E-state index in [4.69, 9.17) is 4.74 Å². The lowest BCUT2D eigenvalue weighted by Crippen LogP contribution is -2.48. The van der Waals surface area contributed by atoms with Gasteiger partial charge < -0.3 is 14.9 Å². The number of carbonyl (C=O) groups excluding carboxylic acids is 1. The monoisotopic (exact) mass is 327 g/mol. The van der Waals surface area contributed by atoms with Crippen LogP contribution in [0, 0.1) is 0 Å². The highest BCUT2D eigenvalue weighted by Gasteiger charge is 2.35. The minimum atomic E-state index is -1.08. The van der Waals surface area contributed by atoms with Crippen LogP contribution in [-0.2, 0) is 29.1 Å². The molecule has 0 saturated heterocycles. The Morgan fingerprint density at radius 3 is 2.58 bits per heavy atom. The van der Waals surface area contributed by atoms with Crippen LogP contribution in [-0.4, -0.2) is 33.2 Å². The van der Waals surface area contributed by atoms with Crippen molar-refractivity contribution in [3.8, 4) is 5.75 Å². The number of hydrogen-bond acceptors (Lipinski definition) is 4. The van der Waals surface area contributed by atoms with Crippen molar-refractivity contribution in [2.75, 3.05) is 0 Å². The first-order valence-electron chi connectivity index (χ1n) is 7.55. The quantitative estimate of drug-likeness (QED) is 0.904. The molecule has 1 atom stereocenters. The van der Waals surface area contributed by atoms with E-state index in [-0.39, 0.29) is 25.3 Å². The van der Waals surface area contributed by atoms with E-state index in [1.54, 1.807) is 12.1 Å². The zero-order valence-corrected chi connectivity index (χ0v) is 12.9. The van der Waals surface area contributed by atoms with E-state index in [0.717, 1.165) is 16.7 Å². The summed E-state index contributed by atoms with van der Waals surface area (Å²) in [6.45, 7) is 0.170. The van der Waals surface area contributed by atoms with Crippen LogP contribution < -0.4 is 0 Å². The molecule has 2 N–H and O–H groups in total. The number of hydrogen-bond donors (Lipinski definition) is 2. The van der Waals surface area contributed by atoms with Gasteiger partial charge in [0, 0.05) is 6.42 Å². The average molecular weight is 327 g/mol. The Morgan fingerprint density at radius 1 is 1.12 bits per heavy atom. The molecule has 1 aliphatic heterocycles. The van der Waals surface area contributed by atoms with Gasteiger partial charge in [-0.2, -0.15) is 0 Å². The van der Waals surface area contributed by atoms with Gasteiger partial charge in [-0.25, -0.2) is 9.59 Å². The van der Waals surface area contributed by atoms with Crippen molar-refractivity contribution in [3.05, 3.63) is 65.2 Å². The minimum Gasteiger partial charge on any atom is -0.508 e. The topological polar surface area (TPSA) is 87.1 Å². The van der Waals surface area contributed by atoms with Crippen molar-refractivity contribution >= 4 is 12.1 Å². The molecule has 1 amide bonds. The standard InChI is InChI=1S/C18H17NO5/c20-15-7-6-13-9-16(17(21)22)19(10-14(13)8-15)18(23)24-11-12-4-2-1-3-5-12/h1-8,16,20H,9-11H2,(H,21,22)/t16-/m1/s1. The van der Waals surface area contributed by atoms with Gasteiger partial charge in [-0.3, -0.25) is 4.90 Å². The van der Waals surface area contributed by atoms with E-state index in [2.05, 4.69) is 0 Å². The summed E-state index contributed by atoms with van der Waals surface area (Å²) in [5.74, 6) is -0.995. The van der Waals surface area contributed by atoms with E-state index in [9.17, 15) is 19.8 Å². The first-order chi connectivity index (χ1) is 11.5. The van der Waals surface area contributed by atoms with Crippen molar-refractivity contribution < 1.29 is 24.5 Å². The van der Waals surface area contributed by atoms with Crippen molar-refractivity contribution in [1.82, 2.24) is 4.90 Å². The number of carboxylic acids is 1. The van der Waals surface area contributed by atoms with Crippen LogP contribution in [0.15, 0.2) is 48.5 Å². The summed E-state index contributed by atoms with van der Waals surface area (Å²) in [7, 11) is 0. The van der Waals surface area contributed by atoms with Gasteiger partial charge >= 0.3 is 12.1 Å². The van der Waals surface area contributed by atoms with E-state index in [1.165, 1.54) is 11.0 Å². The fourth-order valence-corrected chi connectivity index (χ4v) is 2.79. The molecule has 0 fully saturated rings. The number of aromatic hydroxyl groups is 1. The fraction of sp³-hybridized carbons (Fsp3) is 0.222. The van der Waals surface area contributed by atoms with Gasteiger partial charge in [0.15, 0.2) is 0 Å². The number of nitrogens with zero attached hydrogens (tertiary/aromatic N) is 1. The summed E-state index contributed by atoms with van der Waals surface area (Å²) in [5.41, 5.74) is 2.37. The molecule has 1 heterocycles. The number of carboxylic acid groups (broad SMARTS) is 1. The predicted octanol–water partition coefficient (Wildman–Crippen LogP) is 2.54. The van der Waals surface area contributed by atoms with Crippen LogP contribution in [0.1, 0.15) is 16.7 Å². The molecular formula is C18H17NO5. The number of rotatable bonds is 3. The van der Waals surface area contributed by atoms with Gasteiger partial charge in [0.05, 0.1) is 6.54 Å². The molecule has 0 aromatic heterocycles. The molecule has 6 nitrogen and oxygen atoms in total. The number of ether oxygens (including phenoxy) is 1. The van der Waals surface area contributed by atoms with Gasteiger partial charge in [-0.05, 0) is 28.8 Å². The molecular weight excluding hydrogens is 310 g/mol. The van der Waals surface area contributed by atoms with Crippen LogP contribution in [0.25, 0.3) is 0 Å². The third kappa shape index (κ3) is 3.32. The van der Waals surface area contributed by atoms with Crippen molar-refractivity contribution in [3.63, 3.8) is 0 Å². The first-order valence-corrected chi connectivity index (χ1v) is 7.55. The van der Waals surface area contributed by atoms with E-state index in [1.807, 2.05) is 30.3 Å². The maximum atomic E-state index is 12.4. The van der Waals surface area contributed by atoms with Gasteiger partial charge in [0.25, 0.3) is 0 Å². The summed E-state index contributed by atoms with van der Waals surface area (Å²) in [6, 6.07) is 13.0. The Bertz CT molecular complexity index is 759. The molecule has 0 radical (unpaired) electrons. The summed E-state index contributed by atoms with van der Waals surface area (Å²) in [6.07, 6.45) is -0.494. The number of aliphatic carboxylic acids is 1. The number of carbonyl (C=O) groups is 2. The molecule has 6 heteroatoms. The second-order valence-corrected chi connectivity index (χ2v) is 5.68. The van der Waals surface area contributed by atoms with Gasteiger partial charge in [0.1, 0.15) is 18.4 Å². The van der Waals surface area contributed by atoms with Crippen molar-refractivity contribution in [2.24, 2.45) is 0 Å².